The van der Waals surface area contributed by atoms with Crippen LogP contribution in [0.1, 0.15) is 65.5 Å². The van der Waals surface area contributed by atoms with E-state index in [1.807, 2.05) is 32.9 Å². The summed E-state index contributed by atoms with van der Waals surface area (Å²) in [4.78, 5) is 11.9. The lowest BCUT2D eigenvalue weighted by Crippen LogP contribution is -2.43. The highest BCUT2D eigenvalue weighted by Gasteiger charge is 2.19. The lowest BCUT2D eigenvalue weighted by atomic mass is 10.0. The maximum absolute atomic E-state index is 11.9. The van der Waals surface area contributed by atoms with Crippen LogP contribution in [0.5, 0.6) is 0 Å². The third-order valence-corrected chi connectivity index (χ3v) is 4.27. The molecule has 0 bridgehead atoms. The summed E-state index contributed by atoms with van der Waals surface area (Å²) in [7, 11) is 0. The monoisotopic (exact) mass is 388 g/mol. The van der Waals surface area contributed by atoms with Gasteiger partial charge < -0.3 is 15.4 Å². The first-order valence-electron chi connectivity index (χ1n) is 8.80. The summed E-state index contributed by atoms with van der Waals surface area (Å²) in [6.07, 6.45) is 2.74. The zero-order valence-corrected chi connectivity index (χ0v) is 17.3. The van der Waals surface area contributed by atoms with Crippen LogP contribution in [0.2, 0.25) is 10.0 Å². The smallest absolute Gasteiger partial charge is 0.407 e. The van der Waals surface area contributed by atoms with Crippen LogP contribution >= 0.6 is 23.2 Å². The summed E-state index contributed by atoms with van der Waals surface area (Å²) in [6.45, 7) is 10.3. The van der Waals surface area contributed by atoms with E-state index >= 15 is 0 Å². The number of nitrogens with one attached hydrogen (secondary N) is 2. The summed E-state index contributed by atoms with van der Waals surface area (Å²) < 4.78 is 5.30. The van der Waals surface area contributed by atoms with Crippen LogP contribution in [0.3, 0.4) is 0 Å². The van der Waals surface area contributed by atoms with Crippen molar-refractivity contribution in [2.24, 2.45) is 0 Å². The Kier molecular flexibility index (Phi) is 9.04. The van der Waals surface area contributed by atoms with Crippen molar-refractivity contribution >= 4 is 29.3 Å². The minimum absolute atomic E-state index is 0.0482. The lowest BCUT2D eigenvalue weighted by Gasteiger charge is -2.26. The molecule has 0 aliphatic rings. The Bertz CT molecular complexity index is 559. The quantitative estimate of drug-likeness (QED) is 0.597. The van der Waals surface area contributed by atoms with Gasteiger partial charge in [0.1, 0.15) is 5.60 Å². The molecule has 0 aliphatic heterocycles. The second-order valence-corrected chi connectivity index (χ2v) is 8.12. The van der Waals surface area contributed by atoms with E-state index in [1.54, 1.807) is 6.07 Å². The van der Waals surface area contributed by atoms with Gasteiger partial charge in [-0.1, -0.05) is 49.0 Å². The van der Waals surface area contributed by atoms with Crippen molar-refractivity contribution < 1.29 is 9.53 Å². The van der Waals surface area contributed by atoms with Crippen molar-refractivity contribution in [3.8, 4) is 0 Å². The predicted octanol–water partition coefficient (Wildman–Crippen LogP) is 5.73. The molecule has 0 radical (unpaired) electrons. The molecule has 25 heavy (non-hydrogen) atoms. The number of ether oxygens (including phenoxy) is 1. The Morgan fingerprint density at radius 2 is 1.96 bits per heavy atom. The van der Waals surface area contributed by atoms with Crippen molar-refractivity contribution in [3.05, 3.63) is 33.8 Å². The standard InChI is InChI=1S/C19H30Cl2N2O2/c1-6-7-8-15(12-22-18(24)25-19(3,4)5)23-13(2)16-10-9-14(20)11-17(16)21/h9-11,13,15,23H,6-8,12H2,1-5H3,(H,22,24). The fraction of sp³-hybridized carbons (Fsp3) is 0.632. The predicted molar refractivity (Wildman–Crippen MR) is 106 cm³/mol. The number of benzene rings is 1. The second-order valence-electron chi connectivity index (χ2n) is 7.28. The highest BCUT2D eigenvalue weighted by atomic mass is 35.5. The fourth-order valence-electron chi connectivity index (χ4n) is 2.51. The molecule has 0 aromatic heterocycles. The van der Waals surface area contributed by atoms with E-state index in [0.29, 0.717) is 16.6 Å². The van der Waals surface area contributed by atoms with Crippen molar-refractivity contribution in [2.75, 3.05) is 6.54 Å². The Balaban J connectivity index is 2.66. The van der Waals surface area contributed by atoms with E-state index in [0.717, 1.165) is 24.8 Å². The van der Waals surface area contributed by atoms with Crippen LogP contribution in [-0.2, 0) is 4.74 Å². The molecule has 0 saturated carbocycles. The Labute approximate surface area is 161 Å². The minimum atomic E-state index is -0.499. The Morgan fingerprint density at radius 3 is 2.52 bits per heavy atom. The van der Waals surface area contributed by atoms with Gasteiger partial charge in [0.05, 0.1) is 0 Å². The highest BCUT2D eigenvalue weighted by Crippen LogP contribution is 2.26. The van der Waals surface area contributed by atoms with Gasteiger partial charge in [-0.2, -0.15) is 0 Å². The number of carbonyl (C=O) groups excluding carboxylic acids is 1. The van der Waals surface area contributed by atoms with Crippen LogP contribution in [0, 0.1) is 0 Å². The van der Waals surface area contributed by atoms with Gasteiger partial charge in [-0.15, -0.1) is 0 Å². The van der Waals surface area contributed by atoms with Gasteiger partial charge in [0.25, 0.3) is 0 Å². The molecule has 1 aromatic rings. The molecule has 1 rings (SSSR count). The SMILES string of the molecule is CCCCC(CNC(=O)OC(C)(C)C)NC(C)c1ccc(Cl)cc1Cl. The summed E-state index contributed by atoms with van der Waals surface area (Å²) >= 11 is 12.3. The molecule has 4 nitrogen and oxygen atoms in total. The lowest BCUT2D eigenvalue weighted by molar-refractivity contribution is 0.0521. The van der Waals surface area contributed by atoms with Crippen LogP contribution in [0.15, 0.2) is 18.2 Å². The van der Waals surface area contributed by atoms with E-state index < -0.39 is 11.7 Å². The molecule has 0 fully saturated rings. The van der Waals surface area contributed by atoms with Crippen LogP contribution < -0.4 is 10.6 Å². The van der Waals surface area contributed by atoms with E-state index in [9.17, 15) is 4.79 Å². The fourth-order valence-corrected chi connectivity index (χ4v) is 3.08. The first kappa shape index (κ1) is 22.1. The number of rotatable bonds is 8. The maximum atomic E-state index is 11.9. The van der Waals surface area contributed by atoms with Gasteiger partial charge in [0.15, 0.2) is 0 Å². The third-order valence-electron chi connectivity index (χ3n) is 3.71. The summed E-state index contributed by atoms with van der Waals surface area (Å²) in [5, 5.41) is 7.66. The number of carbonyl (C=O) groups is 1. The molecule has 1 amide bonds. The van der Waals surface area contributed by atoms with Gasteiger partial charge in [0.2, 0.25) is 0 Å². The van der Waals surface area contributed by atoms with Crippen molar-refractivity contribution in [2.45, 2.75) is 71.6 Å². The van der Waals surface area contributed by atoms with Gasteiger partial charge in [-0.25, -0.2) is 4.79 Å². The Morgan fingerprint density at radius 1 is 1.28 bits per heavy atom. The highest BCUT2D eigenvalue weighted by molar-refractivity contribution is 6.35. The molecule has 0 saturated heterocycles. The molecule has 142 valence electrons. The van der Waals surface area contributed by atoms with E-state index in [-0.39, 0.29) is 12.1 Å². The van der Waals surface area contributed by atoms with Gasteiger partial charge in [-0.05, 0) is 51.8 Å². The summed E-state index contributed by atoms with van der Waals surface area (Å²) in [6, 6.07) is 5.69. The van der Waals surface area contributed by atoms with Crippen molar-refractivity contribution in [1.29, 1.82) is 0 Å². The number of halogens is 2. The number of amides is 1. The van der Waals surface area contributed by atoms with Crippen molar-refractivity contribution in [1.82, 2.24) is 10.6 Å². The zero-order chi connectivity index (χ0) is 19.0. The molecule has 1 aromatic carbocycles. The maximum Gasteiger partial charge on any atom is 0.407 e. The summed E-state index contributed by atoms with van der Waals surface area (Å²) in [5.74, 6) is 0. The molecule has 0 heterocycles. The molecule has 2 N–H and O–H groups in total. The number of hydrogen-bond donors (Lipinski definition) is 2. The summed E-state index contributed by atoms with van der Waals surface area (Å²) in [5.41, 5.74) is 0.491. The average molecular weight is 389 g/mol. The molecule has 2 unspecified atom stereocenters. The van der Waals surface area contributed by atoms with Gasteiger partial charge in [0, 0.05) is 28.7 Å². The van der Waals surface area contributed by atoms with E-state index in [2.05, 4.69) is 24.5 Å². The topological polar surface area (TPSA) is 50.4 Å². The molecule has 2 atom stereocenters. The molecule has 0 aliphatic carbocycles. The number of hydrogen-bond acceptors (Lipinski definition) is 3. The van der Waals surface area contributed by atoms with E-state index in [1.165, 1.54) is 0 Å². The zero-order valence-electron chi connectivity index (χ0n) is 15.8. The van der Waals surface area contributed by atoms with Crippen molar-refractivity contribution in [3.63, 3.8) is 0 Å². The Hall–Kier alpha value is -0.970. The van der Waals surface area contributed by atoms with Crippen LogP contribution in [0.4, 0.5) is 4.79 Å². The average Bonchev–Trinajstić information content (AvgIpc) is 2.48. The second kappa shape index (κ2) is 10.2. The van der Waals surface area contributed by atoms with Crippen LogP contribution in [0.25, 0.3) is 0 Å². The van der Waals surface area contributed by atoms with Gasteiger partial charge >= 0.3 is 6.09 Å². The number of alkyl carbamates (subject to hydrolysis) is 1. The van der Waals surface area contributed by atoms with Crippen LogP contribution in [-0.4, -0.2) is 24.3 Å². The largest absolute Gasteiger partial charge is 0.444 e. The molecular formula is C19H30Cl2N2O2. The number of unbranched alkanes of at least 4 members (excludes halogenated alkanes) is 1. The van der Waals surface area contributed by atoms with Gasteiger partial charge in [-0.3, -0.25) is 0 Å². The minimum Gasteiger partial charge on any atom is -0.444 e. The molecular weight excluding hydrogens is 359 g/mol. The normalized spacial score (nSPS) is 14.0. The first-order valence-corrected chi connectivity index (χ1v) is 9.55. The molecule has 6 heteroatoms. The van der Waals surface area contributed by atoms with E-state index in [4.69, 9.17) is 27.9 Å². The first-order chi connectivity index (χ1) is 11.6. The third kappa shape index (κ3) is 8.80. The molecule has 0 spiro atoms.